The van der Waals surface area contributed by atoms with Crippen LogP contribution in [-0.2, 0) is 11.3 Å². The fourth-order valence-corrected chi connectivity index (χ4v) is 3.12. The van der Waals surface area contributed by atoms with Crippen LogP contribution in [0, 0.1) is 0 Å². The summed E-state index contributed by atoms with van der Waals surface area (Å²) in [6, 6.07) is 13.7. The fourth-order valence-electron chi connectivity index (χ4n) is 2.99. The molecule has 1 atom stereocenters. The van der Waals surface area contributed by atoms with E-state index in [1.165, 1.54) is 0 Å². The Morgan fingerprint density at radius 1 is 1.12 bits per heavy atom. The topological polar surface area (TPSA) is 51.4 Å². The van der Waals surface area contributed by atoms with E-state index in [0.29, 0.717) is 13.2 Å². The van der Waals surface area contributed by atoms with Crippen molar-refractivity contribution in [3.8, 4) is 11.3 Å². The van der Waals surface area contributed by atoms with E-state index in [1.54, 1.807) is 12.4 Å². The van der Waals surface area contributed by atoms with Crippen LogP contribution in [0.25, 0.3) is 11.3 Å². The van der Waals surface area contributed by atoms with Gasteiger partial charge in [-0.2, -0.15) is 0 Å². The lowest BCUT2D eigenvalue weighted by Gasteiger charge is -2.32. The first-order valence-corrected chi connectivity index (χ1v) is 8.61. The number of benzene rings is 1. The van der Waals surface area contributed by atoms with E-state index in [1.807, 2.05) is 42.5 Å². The van der Waals surface area contributed by atoms with Crippen molar-refractivity contribution in [1.82, 2.24) is 15.0 Å². The van der Waals surface area contributed by atoms with Crippen LogP contribution >= 0.6 is 11.6 Å². The minimum Gasteiger partial charge on any atom is -0.371 e. The molecule has 1 aliphatic heterocycles. The predicted octanol–water partition coefficient (Wildman–Crippen LogP) is 3.96. The van der Waals surface area contributed by atoms with Crippen LogP contribution in [0.2, 0.25) is 5.02 Å². The smallest absolute Gasteiger partial charge is 0.151 e. The van der Waals surface area contributed by atoms with Gasteiger partial charge in [0, 0.05) is 42.1 Å². The van der Waals surface area contributed by atoms with Gasteiger partial charge in [0.25, 0.3) is 0 Å². The van der Waals surface area contributed by atoms with Gasteiger partial charge >= 0.3 is 0 Å². The van der Waals surface area contributed by atoms with Crippen molar-refractivity contribution in [2.45, 2.75) is 12.6 Å². The van der Waals surface area contributed by atoms with Gasteiger partial charge in [0.05, 0.1) is 19.3 Å². The molecule has 1 aromatic carbocycles. The summed E-state index contributed by atoms with van der Waals surface area (Å²) in [5.41, 5.74) is 2.98. The molecule has 0 N–H and O–H groups in total. The molecule has 1 aliphatic rings. The molecule has 25 heavy (non-hydrogen) atoms. The maximum absolute atomic E-state index is 5.96. The highest BCUT2D eigenvalue weighted by Gasteiger charge is 2.23. The Kier molecular flexibility index (Phi) is 4.78. The Balaban J connectivity index is 1.42. The Bertz CT molecular complexity index is 820. The van der Waals surface area contributed by atoms with Gasteiger partial charge in [0.1, 0.15) is 5.69 Å². The monoisotopic (exact) mass is 355 g/mol. The van der Waals surface area contributed by atoms with Gasteiger partial charge in [-0.05, 0) is 29.8 Å². The van der Waals surface area contributed by atoms with Gasteiger partial charge in [-0.25, -0.2) is 0 Å². The maximum atomic E-state index is 5.96. The van der Waals surface area contributed by atoms with Crippen molar-refractivity contribution in [3.05, 3.63) is 71.2 Å². The van der Waals surface area contributed by atoms with E-state index >= 15 is 0 Å². The van der Waals surface area contributed by atoms with Crippen LogP contribution in [0.15, 0.2) is 59.4 Å². The van der Waals surface area contributed by atoms with Crippen molar-refractivity contribution >= 4 is 11.6 Å². The van der Waals surface area contributed by atoms with E-state index in [0.717, 1.165) is 40.7 Å². The summed E-state index contributed by atoms with van der Waals surface area (Å²) in [6.07, 6.45) is 3.55. The first kappa shape index (κ1) is 16.3. The van der Waals surface area contributed by atoms with Crippen molar-refractivity contribution in [2.75, 3.05) is 19.7 Å². The van der Waals surface area contributed by atoms with E-state index < -0.39 is 0 Å². The molecular weight excluding hydrogens is 338 g/mol. The largest absolute Gasteiger partial charge is 0.371 e. The average Bonchev–Trinajstić information content (AvgIpc) is 3.12. The zero-order chi connectivity index (χ0) is 17.1. The molecule has 0 aliphatic carbocycles. The minimum atomic E-state index is 0.0496. The molecule has 5 nitrogen and oxygen atoms in total. The Morgan fingerprint density at radius 3 is 2.72 bits per heavy atom. The Morgan fingerprint density at radius 2 is 1.92 bits per heavy atom. The maximum Gasteiger partial charge on any atom is 0.151 e. The van der Waals surface area contributed by atoms with Gasteiger partial charge in [0.15, 0.2) is 5.76 Å². The van der Waals surface area contributed by atoms with E-state index in [9.17, 15) is 0 Å². The van der Waals surface area contributed by atoms with Gasteiger partial charge in [0.2, 0.25) is 0 Å². The Hall–Kier alpha value is -2.21. The molecule has 3 heterocycles. The lowest BCUT2D eigenvalue weighted by molar-refractivity contribution is -0.0351. The highest BCUT2D eigenvalue weighted by Crippen LogP contribution is 2.25. The predicted molar refractivity (Wildman–Crippen MR) is 95.2 cm³/mol. The quantitative estimate of drug-likeness (QED) is 0.709. The molecule has 0 unspecified atom stereocenters. The van der Waals surface area contributed by atoms with E-state index in [4.69, 9.17) is 20.9 Å². The summed E-state index contributed by atoms with van der Waals surface area (Å²) in [4.78, 5) is 6.34. The van der Waals surface area contributed by atoms with Crippen LogP contribution in [0.5, 0.6) is 0 Å². The summed E-state index contributed by atoms with van der Waals surface area (Å²) >= 11 is 5.96. The molecule has 128 valence electrons. The molecule has 0 saturated carbocycles. The Labute approximate surface area is 151 Å². The zero-order valence-electron chi connectivity index (χ0n) is 13.6. The third-order valence-corrected chi connectivity index (χ3v) is 4.56. The van der Waals surface area contributed by atoms with Crippen LogP contribution in [0.3, 0.4) is 0 Å². The van der Waals surface area contributed by atoms with Crippen LogP contribution in [0.4, 0.5) is 0 Å². The summed E-state index contributed by atoms with van der Waals surface area (Å²) in [7, 11) is 0. The number of nitrogens with zero attached hydrogens (tertiary/aromatic N) is 3. The second-order valence-electron chi connectivity index (χ2n) is 6.06. The van der Waals surface area contributed by atoms with Crippen molar-refractivity contribution < 1.29 is 9.26 Å². The minimum absolute atomic E-state index is 0.0496. The normalized spacial score (nSPS) is 18.4. The van der Waals surface area contributed by atoms with Crippen LogP contribution in [-0.4, -0.2) is 34.7 Å². The molecule has 1 fully saturated rings. The van der Waals surface area contributed by atoms with Gasteiger partial charge in [-0.15, -0.1) is 0 Å². The number of rotatable bonds is 4. The van der Waals surface area contributed by atoms with Crippen molar-refractivity contribution in [3.63, 3.8) is 0 Å². The fraction of sp³-hybridized carbons (Fsp3) is 0.263. The molecule has 6 heteroatoms. The number of hydrogen-bond donors (Lipinski definition) is 0. The molecular formula is C19H18ClN3O2. The van der Waals surface area contributed by atoms with Gasteiger partial charge < -0.3 is 9.26 Å². The van der Waals surface area contributed by atoms with E-state index in [2.05, 4.69) is 15.0 Å². The van der Waals surface area contributed by atoms with Crippen molar-refractivity contribution in [1.29, 1.82) is 0 Å². The third-order valence-electron chi connectivity index (χ3n) is 4.31. The number of halogens is 1. The number of hydrogen-bond acceptors (Lipinski definition) is 5. The molecule has 3 aromatic rings. The molecule has 0 spiro atoms. The molecule has 4 rings (SSSR count). The van der Waals surface area contributed by atoms with Gasteiger partial charge in [-0.1, -0.05) is 28.9 Å². The number of morpholine rings is 1. The molecule has 2 aromatic heterocycles. The van der Waals surface area contributed by atoms with Crippen molar-refractivity contribution in [2.24, 2.45) is 0 Å². The lowest BCUT2D eigenvalue weighted by Crippen LogP contribution is -2.37. The van der Waals surface area contributed by atoms with Crippen LogP contribution in [0.1, 0.15) is 17.4 Å². The van der Waals surface area contributed by atoms with Crippen LogP contribution < -0.4 is 0 Å². The average molecular weight is 356 g/mol. The summed E-state index contributed by atoms with van der Waals surface area (Å²) in [5.74, 6) is 0.851. The van der Waals surface area contributed by atoms with E-state index in [-0.39, 0.29) is 6.10 Å². The summed E-state index contributed by atoms with van der Waals surface area (Å²) in [6.45, 7) is 3.09. The first-order valence-electron chi connectivity index (χ1n) is 8.23. The number of ether oxygens (including phenoxy) is 1. The van der Waals surface area contributed by atoms with Gasteiger partial charge in [-0.3, -0.25) is 9.88 Å². The highest BCUT2D eigenvalue weighted by molar-refractivity contribution is 6.30. The standard InChI is InChI=1S/C19H18ClN3O2/c20-16-3-1-15(2-4-16)19-13-23(9-10-24-19)12-17-11-18(22-25-17)14-5-7-21-8-6-14/h1-8,11,19H,9-10,12-13H2/t19-/m1/s1. The number of aromatic nitrogens is 2. The number of pyridine rings is 1. The lowest BCUT2D eigenvalue weighted by atomic mass is 10.1. The first-order chi connectivity index (χ1) is 12.3. The molecule has 0 bridgehead atoms. The highest BCUT2D eigenvalue weighted by atomic mass is 35.5. The summed E-state index contributed by atoms with van der Waals surface area (Å²) in [5, 5.41) is 4.90. The zero-order valence-corrected chi connectivity index (χ0v) is 14.4. The molecule has 1 saturated heterocycles. The second-order valence-corrected chi connectivity index (χ2v) is 6.50. The second kappa shape index (κ2) is 7.35. The molecule has 0 amide bonds. The summed E-state index contributed by atoms with van der Waals surface area (Å²) < 4.78 is 11.4. The third kappa shape index (κ3) is 3.90. The SMILES string of the molecule is Clc1ccc([C@H]2CN(Cc3cc(-c4ccncc4)no3)CCO2)cc1. The molecule has 0 radical (unpaired) electrons.